The van der Waals surface area contributed by atoms with Crippen LogP contribution in [0.2, 0.25) is 36.3 Å². The number of ether oxygens (including phenoxy) is 1. The molecule has 45 heavy (non-hydrogen) atoms. The van der Waals surface area contributed by atoms with Gasteiger partial charge >= 0.3 is 5.97 Å². The van der Waals surface area contributed by atoms with E-state index in [0.717, 1.165) is 12.8 Å². The molecule has 1 aromatic rings. The first-order valence-corrected chi connectivity index (χ1v) is 23.4. The lowest BCUT2D eigenvalue weighted by molar-refractivity contribution is -0.140. The van der Waals surface area contributed by atoms with Crippen molar-refractivity contribution in [1.82, 2.24) is 0 Å². The van der Waals surface area contributed by atoms with Gasteiger partial charge in [0.25, 0.3) is 0 Å². The molecule has 3 rings (SSSR count). The molecule has 254 valence electrons. The van der Waals surface area contributed by atoms with Crippen LogP contribution in [0.1, 0.15) is 129 Å². The molecule has 4 atom stereocenters. The van der Waals surface area contributed by atoms with E-state index in [1.165, 1.54) is 50.3 Å². The van der Waals surface area contributed by atoms with Gasteiger partial charge in [0.15, 0.2) is 16.6 Å². The first-order chi connectivity index (χ1) is 20.9. The smallest absolute Gasteiger partial charge is 0.305 e. The molecular formula is C38H64O5Si2. The molecule has 2 aliphatic rings. The van der Waals surface area contributed by atoms with Gasteiger partial charge in [0.2, 0.25) is 0 Å². The highest BCUT2D eigenvalue weighted by Crippen LogP contribution is 2.48. The van der Waals surface area contributed by atoms with Crippen LogP contribution >= 0.6 is 0 Å². The Labute approximate surface area is 277 Å². The fourth-order valence-electron chi connectivity index (χ4n) is 6.43. The van der Waals surface area contributed by atoms with Gasteiger partial charge in [-0.2, -0.15) is 0 Å². The largest absolute Gasteiger partial charge is 0.469 e. The number of unbranched alkanes of at least 4 members (excludes halogenated alkanes) is 1. The van der Waals surface area contributed by atoms with Crippen molar-refractivity contribution in [3.63, 3.8) is 0 Å². The second-order valence-corrected chi connectivity index (χ2v) is 26.3. The molecule has 5 nitrogen and oxygen atoms in total. The summed E-state index contributed by atoms with van der Waals surface area (Å²) in [5.74, 6) is 0.589. The number of carbonyl (C=O) groups excluding carboxylic acids is 2. The molecule has 2 aliphatic carbocycles. The van der Waals surface area contributed by atoms with Crippen LogP contribution in [0.4, 0.5) is 0 Å². The molecule has 0 spiro atoms. The predicted octanol–water partition coefficient (Wildman–Crippen LogP) is 10.7. The number of hydrogen-bond acceptors (Lipinski definition) is 5. The van der Waals surface area contributed by atoms with Crippen molar-refractivity contribution in [1.29, 1.82) is 0 Å². The van der Waals surface area contributed by atoms with Gasteiger partial charge in [-0.1, -0.05) is 97.2 Å². The third-order valence-electron chi connectivity index (χ3n) is 11.4. The van der Waals surface area contributed by atoms with Gasteiger partial charge in [-0.25, -0.2) is 0 Å². The normalized spacial score (nSPS) is 23.1. The summed E-state index contributed by atoms with van der Waals surface area (Å²) in [5, 5.41) is 0.217. The average molecular weight is 657 g/mol. The molecule has 0 N–H and O–H groups in total. The monoisotopic (exact) mass is 656 g/mol. The topological polar surface area (TPSA) is 61.8 Å². The standard InChI is InChI=1S/C38H64O5Si2/c1-37(2,3)44(8,9)42-33-27-32(39)31(21-17-12-13-18-22-34(40)41-7)35(33)28-23-25-30(26-24-28)36(29-19-15-14-16-20-29)43-45(10,11)38(4,5)6/h12,17,23-26,29,31,33,35-36H,13-16,18-22,27H2,1-11H3/b17-12-/t31-,33+,35+,36?/m0/s1. The molecule has 2 saturated carbocycles. The van der Waals surface area contributed by atoms with Crippen LogP contribution in [0.15, 0.2) is 36.4 Å². The van der Waals surface area contributed by atoms with Crippen LogP contribution in [0.3, 0.4) is 0 Å². The van der Waals surface area contributed by atoms with Gasteiger partial charge in [0, 0.05) is 24.7 Å². The maximum atomic E-state index is 13.6. The van der Waals surface area contributed by atoms with Gasteiger partial charge in [-0.3, -0.25) is 9.59 Å². The lowest BCUT2D eigenvalue weighted by atomic mass is 9.81. The predicted molar refractivity (Wildman–Crippen MR) is 192 cm³/mol. The number of allylic oxidation sites excluding steroid dienone is 2. The second-order valence-electron chi connectivity index (χ2n) is 16.8. The van der Waals surface area contributed by atoms with E-state index in [9.17, 15) is 9.59 Å². The molecule has 0 aromatic heterocycles. The summed E-state index contributed by atoms with van der Waals surface area (Å²) in [6.07, 6.45) is 13.8. The Balaban J connectivity index is 1.91. The number of Topliss-reactive ketones (excluding diaryl/α,β-unsaturated/α-hetero) is 1. The summed E-state index contributed by atoms with van der Waals surface area (Å²) >= 11 is 0. The minimum Gasteiger partial charge on any atom is -0.469 e. The van der Waals surface area contributed by atoms with Crippen molar-refractivity contribution < 1.29 is 23.2 Å². The van der Waals surface area contributed by atoms with Crippen LogP contribution in [-0.2, 0) is 23.2 Å². The van der Waals surface area contributed by atoms with Crippen LogP contribution < -0.4 is 0 Å². The van der Waals surface area contributed by atoms with E-state index >= 15 is 0 Å². The first-order valence-electron chi connectivity index (χ1n) is 17.6. The Morgan fingerprint density at radius 2 is 1.51 bits per heavy atom. The fraction of sp³-hybridized carbons (Fsp3) is 0.737. The number of methoxy groups -OCH3 is 1. The Kier molecular flexibility index (Phi) is 13.1. The molecule has 0 saturated heterocycles. The molecule has 2 fully saturated rings. The Bertz CT molecular complexity index is 1140. The zero-order valence-corrected chi connectivity index (χ0v) is 32.5. The van der Waals surface area contributed by atoms with Gasteiger partial charge < -0.3 is 13.6 Å². The van der Waals surface area contributed by atoms with E-state index in [1.54, 1.807) is 0 Å². The molecule has 1 aromatic carbocycles. The average Bonchev–Trinajstić information content (AvgIpc) is 3.26. The lowest BCUT2D eigenvalue weighted by Crippen LogP contribution is -2.44. The third kappa shape index (κ3) is 9.98. The van der Waals surface area contributed by atoms with Crippen LogP contribution in [0.5, 0.6) is 0 Å². The molecule has 1 unspecified atom stereocenters. The van der Waals surface area contributed by atoms with Crippen molar-refractivity contribution >= 4 is 28.4 Å². The second kappa shape index (κ2) is 15.6. The van der Waals surface area contributed by atoms with Crippen molar-refractivity contribution in [3.8, 4) is 0 Å². The number of hydrogen-bond donors (Lipinski definition) is 0. The minimum absolute atomic E-state index is 0.0230. The summed E-state index contributed by atoms with van der Waals surface area (Å²) in [4.78, 5) is 25.1. The Morgan fingerprint density at radius 3 is 2.07 bits per heavy atom. The van der Waals surface area contributed by atoms with Crippen molar-refractivity contribution in [3.05, 3.63) is 47.5 Å². The van der Waals surface area contributed by atoms with E-state index in [2.05, 4.69) is 104 Å². The first kappa shape index (κ1) is 37.9. The Hall–Kier alpha value is -1.55. The Morgan fingerprint density at radius 1 is 0.911 bits per heavy atom. The van der Waals surface area contributed by atoms with E-state index in [4.69, 9.17) is 13.6 Å². The highest BCUT2D eigenvalue weighted by molar-refractivity contribution is 6.74. The van der Waals surface area contributed by atoms with E-state index in [-0.39, 0.29) is 40.1 Å². The maximum Gasteiger partial charge on any atom is 0.305 e. The number of ketones is 1. The highest BCUT2D eigenvalue weighted by atomic mass is 28.4. The SMILES string of the molecule is COC(=O)CCC/C=C\C[C@H]1C(=O)C[C@@H](O[Si](C)(C)C(C)(C)C)[C@@H]1c1ccc(C(O[Si](C)(C)C(C)(C)C)C2CCCCC2)cc1. The zero-order chi connectivity index (χ0) is 33.6. The summed E-state index contributed by atoms with van der Waals surface area (Å²) < 4.78 is 19.0. The molecule has 0 radical (unpaired) electrons. The van der Waals surface area contributed by atoms with Gasteiger partial charge in [-0.15, -0.1) is 0 Å². The highest BCUT2D eigenvalue weighted by Gasteiger charge is 2.48. The molecule has 0 bridgehead atoms. The van der Waals surface area contributed by atoms with Gasteiger partial charge in [-0.05, 0) is 85.4 Å². The zero-order valence-electron chi connectivity index (χ0n) is 30.5. The summed E-state index contributed by atoms with van der Waals surface area (Å²) in [6, 6.07) is 9.15. The third-order valence-corrected chi connectivity index (χ3v) is 20.4. The van der Waals surface area contributed by atoms with E-state index in [1.807, 2.05) is 0 Å². The molecular weight excluding hydrogens is 593 g/mol. The van der Waals surface area contributed by atoms with Crippen molar-refractivity contribution in [2.24, 2.45) is 11.8 Å². The molecule has 7 heteroatoms. The molecule has 0 amide bonds. The fourth-order valence-corrected chi connectivity index (χ4v) is 9.09. The van der Waals surface area contributed by atoms with Crippen molar-refractivity contribution in [2.45, 2.75) is 160 Å². The van der Waals surface area contributed by atoms with Crippen LogP contribution in [0.25, 0.3) is 0 Å². The van der Waals surface area contributed by atoms with Crippen molar-refractivity contribution in [2.75, 3.05) is 7.11 Å². The number of benzene rings is 1. The van der Waals surface area contributed by atoms with Gasteiger partial charge in [0.05, 0.1) is 19.3 Å². The molecule has 0 heterocycles. The summed E-state index contributed by atoms with van der Waals surface area (Å²) in [5.41, 5.74) is 2.48. The van der Waals surface area contributed by atoms with Gasteiger partial charge in [0.1, 0.15) is 5.78 Å². The molecule has 0 aliphatic heterocycles. The summed E-state index contributed by atoms with van der Waals surface area (Å²) in [7, 11) is -2.64. The number of rotatable bonds is 13. The van der Waals surface area contributed by atoms with Crippen LogP contribution in [0, 0.1) is 11.8 Å². The minimum atomic E-state index is -2.09. The van der Waals surface area contributed by atoms with E-state index < -0.39 is 16.6 Å². The quantitative estimate of drug-likeness (QED) is 0.0915. The maximum absolute atomic E-state index is 13.6. The number of esters is 1. The van der Waals surface area contributed by atoms with E-state index in [0.29, 0.717) is 31.0 Å². The van der Waals surface area contributed by atoms with Crippen LogP contribution in [-0.4, -0.2) is 41.6 Å². The number of carbonyl (C=O) groups is 2. The lowest BCUT2D eigenvalue weighted by Gasteiger charge is -2.42. The summed E-state index contributed by atoms with van der Waals surface area (Å²) in [6.45, 7) is 23.1.